The van der Waals surface area contributed by atoms with Gasteiger partial charge in [-0.2, -0.15) is 0 Å². The molecule has 84 valence electrons. The Balaban J connectivity index is 2.60. The van der Waals surface area contributed by atoms with E-state index in [2.05, 4.69) is 17.3 Å². The Morgan fingerprint density at radius 1 is 1.33 bits per heavy atom. The average Bonchev–Trinajstić information content (AvgIpc) is 2.22. The molecule has 0 aliphatic carbocycles. The Morgan fingerprint density at radius 3 is 2.73 bits per heavy atom. The number of nitrogens with zero attached hydrogens (tertiary/aromatic N) is 1. The zero-order chi connectivity index (χ0) is 11.3. The maximum Gasteiger partial charge on any atom is 0.0637 e. The molecule has 0 heterocycles. The summed E-state index contributed by atoms with van der Waals surface area (Å²) in [5.74, 6) is 0. The molecule has 0 aliphatic heterocycles. The number of halogens is 2. The number of hydrogen-bond acceptors (Lipinski definition) is 2. The first-order chi connectivity index (χ1) is 7.15. The van der Waals surface area contributed by atoms with Crippen LogP contribution in [0.2, 0.25) is 10.0 Å². The molecule has 0 amide bonds. The molecular weight excluding hydrogens is 231 g/mol. The highest BCUT2D eigenvalue weighted by atomic mass is 35.5. The van der Waals surface area contributed by atoms with E-state index in [1.807, 2.05) is 19.2 Å². The van der Waals surface area contributed by atoms with Crippen LogP contribution in [0.3, 0.4) is 0 Å². The Labute approximate surface area is 101 Å². The van der Waals surface area contributed by atoms with Crippen LogP contribution in [0.4, 0.5) is 0 Å². The van der Waals surface area contributed by atoms with Gasteiger partial charge in [0.1, 0.15) is 0 Å². The Bertz CT molecular complexity index is 315. The zero-order valence-corrected chi connectivity index (χ0v) is 10.6. The average molecular weight is 247 g/mol. The monoisotopic (exact) mass is 246 g/mol. The van der Waals surface area contributed by atoms with Crippen molar-refractivity contribution in [1.29, 1.82) is 0 Å². The van der Waals surface area contributed by atoms with Crippen LogP contribution in [0.1, 0.15) is 5.56 Å². The third-order valence-electron chi connectivity index (χ3n) is 2.22. The lowest BCUT2D eigenvalue weighted by Crippen LogP contribution is -2.27. The molecule has 1 rings (SSSR count). The van der Waals surface area contributed by atoms with E-state index in [1.165, 1.54) is 0 Å². The number of nitrogens with one attached hydrogen (secondary N) is 1. The van der Waals surface area contributed by atoms with E-state index in [1.54, 1.807) is 6.07 Å². The lowest BCUT2D eigenvalue weighted by Gasteiger charge is -2.17. The van der Waals surface area contributed by atoms with E-state index < -0.39 is 0 Å². The molecule has 1 aromatic rings. The van der Waals surface area contributed by atoms with Gasteiger partial charge in [-0.3, -0.25) is 0 Å². The fourth-order valence-corrected chi connectivity index (χ4v) is 1.72. The molecule has 0 atom stereocenters. The molecule has 1 aromatic carbocycles. The molecule has 0 unspecified atom stereocenters. The number of likely N-dealkylation sites (N-methyl/N-ethyl adjacent to an activating group) is 2. The third-order valence-corrected chi connectivity index (χ3v) is 3.07. The summed E-state index contributed by atoms with van der Waals surface area (Å²) in [6, 6.07) is 5.74. The van der Waals surface area contributed by atoms with Gasteiger partial charge in [0, 0.05) is 19.6 Å². The van der Waals surface area contributed by atoms with E-state index >= 15 is 0 Å². The molecule has 0 saturated heterocycles. The van der Waals surface area contributed by atoms with Crippen molar-refractivity contribution in [1.82, 2.24) is 10.2 Å². The van der Waals surface area contributed by atoms with Crippen molar-refractivity contribution in [3.05, 3.63) is 33.8 Å². The fraction of sp³-hybridized carbons (Fsp3) is 0.455. The van der Waals surface area contributed by atoms with Crippen LogP contribution in [0.25, 0.3) is 0 Å². The first kappa shape index (κ1) is 12.8. The third kappa shape index (κ3) is 3.99. The van der Waals surface area contributed by atoms with Gasteiger partial charge in [0.2, 0.25) is 0 Å². The second-order valence-corrected chi connectivity index (χ2v) is 4.34. The van der Waals surface area contributed by atoms with Gasteiger partial charge < -0.3 is 10.2 Å². The van der Waals surface area contributed by atoms with Crippen molar-refractivity contribution in [3.63, 3.8) is 0 Å². The Kier molecular flexibility index (Phi) is 5.40. The van der Waals surface area contributed by atoms with Crippen LogP contribution >= 0.6 is 23.2 Å². The van der Waals surface area contributed by atoms with Gasteiger partial charge in [0.25, 0.3) is 0 Å². The maximum atomic E-state index is 6.10. The molecule has 0 saturated carbocycles. The molecule has 0 aromatic heterocycles. The Hall–Kier alpha value is -0.280. The minimum Gasteiger partial charge on any atom is -0.318 e. The number of hydrogen-bond donors (Lipinski definition) is 1. The van der Waals surface area contributed by atoms with Gasteiger partial charge in [-0.15, -0.1) is 0 Å². The molecule has 15 heavy (non-hydrogen) atoms. The highest BCUT2D eigenvalue weighted by Crippen LogP contribution is 2.26. The topological polar surface area (TPSA) is 15.3 Å². The van der Waals surface area contributed by atoms with Gasteiger partial charge in [-0.25, -0.2) is 0 Å². The second-order valence-electron chi connectivity index (χ2n) is 3.55. The summed E-state index contributed by atoms with van der Waals surface area (Å²) >= 11 is 12.0. The molecule has 0 radical (unpaired) electrons. The zero-order valence-electron chi connectivity index (χ0n) is 9.06. The van der Waals surface area contributed by atoms with Crippen LogP contribution in [0, 0.1) is 0 Å². The van der Waals surface area contributed by atoms with Gasteiger partial charge >= 0.3 is 0 Å². The van der Waals surface area contributed by atoms with Crippen molar-refractivity contribution in [2.45, 2.75) is 6.54 Å². The maximum absolute atomic E-state index is 6.10. The lowest BCUT2D eigenvalue weighted by molar-refractivity contribution is 0.328. The van der Waals surface area contributed by atoms with Crippen molar-refractivity contribution >= 4 is 23.2 Å². The van der Waals surface area contributed by atoms with Crippen molar-refractivity contribution in [2.75, 3.05) is 27.2 Å². The highest BCUT2D eigenvalue weighted by Gasteiger charge is 2.06. The first-order valence-corrected chi connectivity index (χ1v) is 5.66. The summed E-state index contributed by atoms with van der Waals surface area (Å²) in [7, 11) is 4.01. The van der Waals surface area contributed by atoms with Crippen LogP contribution in [-0.2, 0) is 6.54 Å². The van der Waals surface area contributed by atoms with Gasteiger partial charge in [0.05, 0.1) is 10.0 Å². The fourth-order valence-electron chi connectivity index (χ4n) is 1.34. The lowest BCUT2D eigenvalue weighted by atomic mass is 10.2. The molecule has 4 heteroatoms. The van der Waals surface area contributed by atoms with Crippen LogP contribution in [0.15, 0.2) is 18.2 Å². The standard InChI is InChI=1S/C11H16Cl2N2/c1-14-6-7-15(2)8-9-4-3-5-10(12)11(9)13/h3-5,14H,6-8H2,1-2H3. The van der Waals surface area contributed by atoms with Crippen molar-refractivity contribution in [3.8, 4) is 0 Å². The normalized spacial score (nSPS) is 11.0. The highest BCUT2D eigenvalue weighted by molar-refractivity contribution is 6.42. The molecular formula is C11H16Cl2N2. The molecule has 1 N–H and O–H groups in total. The largest absolute Gasteiger partial charge is 0.318 e. The van der Waals surface area contributed by atoms with Crippen LogP contribution in [-0.4, -0.2) is 32.1 Å². The van der Waals surface area contributed by atoms with E-state index in [4.69, 9.17) is 23.2 Å². The minimum atomic E-state index is 0.621. The molecule has 0 spiro atoms. The summed E-state index contributed by atoms with van der Waals surface area (Å²) in [5.41, 5.74) is 1.07. The van der Waals surface area contributed by atoms with Gasteiger partial charge in [-0.05, 0) is 25.7 Å². The van der Waals surface area contributed by atoms with Crippen molar-refractivity contribution in [2.24, 2.45) is 0 Å². The Morgan fingerprint density at radius 2 is 2.07 bits per heavy atom. The molecule has 0 bridgehead atoms. The number of benzene rings is 1. The van der Waals surface area contributed by atoms with Crippen LogP contribution < -0.4 is 5.32 Å². The molecule has 0 aliphatic rings. The minimum absolute atomic E-state index is 0.621. The quantitative estimate of drug-likeness (QED) is 0.860. The summed E-state index contributed by atoms with van der Waals surface area (Å²) in [5, 5.41) is 4.39. The summed E-state index contributed by atoms with van der Waals surface area (Å²) in [6.07, 6.45) is 0. The predicted molar refractivity (Wildman–Crippen MR) is 66.7 cm³/mol. The molecule has 0 fully saturated rings. The van der Waals surface area contributed by atoms with Crippen molar-refractivity contribution < 1.29 is 0 Å². The summed E-state index contributed by atoms with van der Waals surface area (Å²) in [4.78, 5) is 2.20. The SMILES string of the molecule is CNCCN(C)Cc1cccc(Cl)c1Cl. The second kappa shape index (κ2) is 6.33. The smallest absolute Gasteiger partial charge is 0.0637 e. The van der Waals surface area contributed by atoms with E-state index in [9.17, 15) is 0 Å². The van der Waals surface area contributed by atoms with Gasteiger partial charge in [0.15, 0.2) is 0 Å². The van der Waals surface area contributed by atoms with E-state index in [0.717, 1.165) is 25.2 Å². The van der Waals surface area contributed by atoms with Gasteiger partial charge in [-0.1, -0.05) is 35.3 Å². The first-order valence-electron chi connectivity index (χ1n) is 4.91. The van der Waals surface area contributed by atoms with Crippen LogP contribution in [0.5, 0.6) is 0 Å². The van der Waals surface area contributed by atoms with E-state index in [-0.39, 0.29) is 0 Å². The van der Waals surface area contributed by atoms with E-state index in [0.29, 0.717) is 10.0 Å². The molecule has 2 nitrogen and oxygen atoms in total. The summed E-state index contributed by atoms with van der Waals surface area (Å²) in [6.45, 7) is 2.77. The summed E-state index contributed by atoms with van der Waals surface area (Å²) < 4.78 is 0. The predicted octanol–water partition coefficient (Wildman–Crippen LogP) is 2.64. The number of rotatable bonds is 5.